The Morgan fingerprint density at radius 2 is 1.60 bits per heavy atom. The summed E-state index contributed by atoms with van der Waals surface area (Å²) in [6, 6.07) is 16.2. The van der Waals surface area contributed by atoms with Crippen molar-refractivity contribution in [3.8, 4) is 5.88 Å². The van der Waals surface area contributed by atoms with Gasteiger partial charge in [0.25, 0.3) is 0 Å². The van der Waals surface area contributed by atoms with Crippen LogP contribution in [0.2, 0.25) is 0 Å². The first-order valence-electron chi connectivity index (χ1n) is 8.63. The summed E-state index contributed by atoms with van der Waals surface area (Å²) in [7, 11) is 0. The van der Waals surface area contributed by atoms with Crippen LogP contribution in [-0.4, -0.2) is 22.7 Å². The molecule has 130 valence electrons. The highest BCUT2D eigenvalue weighted by Gasteiger charge is 2.08. The molecule has 5 heteroatoms. The topological polar surface area (TPSA) is 71.5 Å². The number of nitrogens with zero attached hydrogens (tertiary/aromatic N) is 1. The summed E-state index contributed by atoms with van der Waals surface area (Å²) in [5.74, 6) is 0.344. The van der Waals surface area contributed by atoms with Gasteiger partial charge in [0.15, 0.2) is 0 Å². The molecule has 2 aromatic carbocycles. The van der Waals surface area contributed by atoms with Crippen LogP contribution in [0.25, 0.3) is 21.7 Å². The summed E-state index contributed by atoms with van der Waals surface area (Å²) in [5.41, 5.74) is 2.58. The SMILES string of the molecule is O=C(CCCCCCOc1nc2ccccc2c2ccccc12)NO. The minimum atomic E-state index is -0.330. The smallest absolute Gasteiger partial charge is 0.243 e. The van der Waals surface area contributed by atoms with Gasteiger partial charge in [-0.25, -0.2) is 10.5 Å². The number of hydrogen-bond donors (Lipinski definition) is 2. The number of rotatable bonds is 8. The van der Waals surface area contributed by atoms with Crippen LogP contribution in [-0.2, 0) is 4.79 Å². The van der Waals surface area contributed by atoms with E-state index in [2.05, 4.69) is 17.1 Å². The fourth-order valence-corrected chi connectivity index (χ4v) is 2.95. The van der Waals surface area contributed by atoms with Gasteiger partial charge in [0.2, 0.25) is 11.8 Å². The molecular formula is C20H22N2O3. The molecule has 0 bridgehead atoms. The Bertz CT molecular complexity index is 864. The van der Waals surface area contributed by atoms with E-state index in [1.807, 2.05) is 36.4 Å². The van der Waals surface area contributed by atoms with E-state index in [-0.39, 0.29) is 5.91 Å². The fraction of sp³-hybridized carbons (Fsp3) is 0.300. The predicted octanol–water partition coefficient (Wildman–Crippen LogP) is 4.22. The molecule has 0 unspecified atom stereocenters. The van der Waals surface area contributed by atoms with Crippen molar-refractivity contribution in [2.24, 2.45) is 0 Å². The zero-order valence-electron chi connectivity index (χ0n) is 14.1. The highest BCUT2D eigenvalue weighted by atomic mass is 16.5. The molecule has 2 N–H and O–H groups in total. The van der Waals surface area contributed by atoms with Gasteiger partial charge in [0.1, 0.15) is 0 Å². The van der Waals surface area contributed by atoms with Gasteiger partial charge in [0.05, 0.1) is 12.1 Å². The third kappa shape index (κ3) is 4.25. The van der Waals surface area contributed by atoms with Gasteiger partial charge in [-0.3, -0.25) is 10.0 Å². The van der Waals surface area contributed by atoms with Crippen LogP contribution < -0.4 is 10.2 Å². The number of amides is 1. The molecule has 0 saturated heterocycles. The number of unbranched alkanes of at least 4 members (excludes halogenated alkanes) is 3. The first-order valence-corrected chi connectivity index (χ1v) is 8.63. The van der Waals surface area contributed by atoms with E-state index < -0.39 is 0 Å². The minimum absolute atomic E-state index is 0.330. The Morgan fingerprint density at radius 1 is 0.920 bits per heavy atom. The standard InChI is InChI=1S/C20H22N2O3/c23-19(22-24)13-3-1-2-8-14-25-20-17-11-5-4-9-15(17)16-10-6-7-12-18(16)21-20/h4-7,9-12,24H,1-3,8,13-14H2,(H,22,23). The molecule has 3 aromatic rings. The molecule has 0 radical (unpaired) electrons. The molecule has 1 aromatic heterocycles. The van der Waals surface area contributed by atoms with Gasteiger partial charge in [-0.05, 0) is 30.4 Å². The maximum Gasteiger partial charge on any atom is 0.243 e. The second kappa shape index (κ2) is 8.44. The van der Waals surface area contributed by atoms with E-state index in [4.69, 9.17) is 9.94 Å². The Kier molecular flexibility index (Phi) is 5.80. The molecule has 5 nitrogen and oxygen atoms in total. The highest BCUT2D eigenvalue weighted by Crippen LogP contribution is 2.30. The molecular weight excluding hydrogens is 316 g/mol. The number of aromatic nitrogens is 1. The molecule has 0 fully saturated rings. The fourth-order valence-electron chi connectivity index (χ4n) is 2.95. The summed E-state index contributed by atoms with van der Waals surface area (Å²) in [6.45, 7) is 0.599. The molecule has 0 spiro atoms. The summed E-state index contributed by atoms with van der Waals surface area (Å²) in [6.07, 6.45) is 3.94. The number of ether oxygens (including phenoxy) is 1. The van der Waals surface area contributed by atoms with Crippen LogP contribution in [0.4, 0.5) is 0 Å². The first kappa shape index (κ1) is 17.2. The van der Waals surface area contributed by atoms with E-state index in [1.54, 1.807) is 5.48 Å². The summed E-state index contributed by atoms with van der Waals surface area (Å²) < 4.78 is 5.95. The largest absolute Gasteiger partial charge is 0.477 e. The lowest BCUT2D eigenvalue weighted by Gasteiger charge is -2.11. The number of pyridine rings is 1. The second-order valence-corrected chi connectivity index (χ2v) is 6.03. The average molecular weight is 338 g/mol. The molecule has 0 aliphatic carbocycles. The molecule has 0 atom stereocenters. The van der Waals surface area contributed by atoms with Crippen LogP contribution in [0.1, 0.15) is 32.1 Å². The van der Waals surface area contributed by atoms with Gasteiger partial charge < -0.3 is 4.74 Å². The van der Waals surface area contributed by atoms with Gasteiger partial charge in [-0.2, -0.15) is 0 Å². The summed E-state index contributed by atoms with van der Waals surface area (Å²) in [4.78, 5) is 15.6. The molecule has 25 heavy (non-hydrogen) atoms. The number of benzene rings is 2. The van der Waals surface area contributed by atoms with Crippen LogP contribution in [0, 0.1) is 0 Å². The lowest BCUT2D eigenvalue weighted by Crippen LogP contribution is -2.17. The van der Waals surface area contributed by atoms with Crippen LogP contribution in [0.15, 0.2) is 48.5 Å². The van der Waals surface area contributed by atoms with E-state index in [0.29, 0.717) is 18.9 Å². The highest BCUT2D eigenvalue weighted by molar-refractivity contribution is 6.07. The van der Waals surface area contributed by atoms with Gasteiger partial charge in [-0.1, -0.05) is 49.2 Å². The zero-order chi connectivity index (χ0) is 17.5. The van der Waals surface area contributed by atoms with Crippen LogP contribution in [0.5, 0.6) is 5.88 Å². The Hall–Kier alpha value is -2.66. The summed E-state index contributed by atoms with van der Waals surface area (Å²) >= 11 is 0. The zero-order valence-corrected chi connectivity index (χ0v) is 14.1. The second-order valence-electron chi connectivity index (χ2n) is 6.03. The Balaban J connectivity index is 1.60. The quantitative estimate of drug-likeness (QED) is 0.279. The number of para-hydroxylation sites is 1. The third-order valence-electron chi connectivity index (χ3n) is 4.24. The van der Waals surface area contributed by atoms with Gasteiger partial charge >= 0.3 is 0 Å². The van der Waals surface area contributed by atoms with Crippen molar-refractivity contribution in [1.82, 2.24) is 10.5 Å². The van der Waals surface area contributed by atoms with Crippen molar-refractivity contribution in [2.75, 3.05) is 6.61 Å². The van der Waals surface area contributed by atoms with Crippen LogP contribution >= 0.6 is 0 Å². The lowest BCUT2D eigenvalue weighted by atomic mass is 10.1. The number of carbonyl (C=O) groups excluding carboxylic acids is 1. The van der Waals surface area contributed by atoms with Crippen molar-refractivity contribution in [2.45, 2.75) is 32.1 Å². The minimum Gasteiger partial charge on any atom is -0.477 e. The van der Waals surface area contributed by atoms with Crippen molar-refractivity contribution < 1.29 is 14.7 Å². The van der Waals surface area contributed by atoms with Crippen molar-refractivity contribution in [3.63, 3.8) is 0 Å². The molecule has 1 heterocycles. The number of hydroxylamine groups is 1. The molecule has 0 saturated carbocycles. The Labute approximate surface area is 146 Å². The van der Waals surface area contributed by atoms with Crippen LogP contribution in [0.3, 0.4) is 0 Å². The maximum atomic E-state index is 10.9. The third-order valence-corrected chi connectivity index (χ3v) is 4.24. The Morgan fingerprint density at radius 3 is 2.40 bits per heavy atom. The van der Waals surface area contributed by atoms with E-state index >= 15 is 0 Å². The van der Waals surface area contributed by atoms with Gasteiger partial charge in [0, 0.05) is 17.2 Å². The van der Waals surface area contributed by atoms with Crippen molar-refractivity contribution in [1.29, 1.82) is 0 Å². The molecule has 0 aliphatic rings. The van der Waals surface area contributed by atoms with Crippen molar-refractivity contribution >= 4 is 27.6 Å². The van der Waals surface area contributed by atoms with Crippen molar-refractivity contribution in [3.05, 3.63) is 48.5 Å². The number of nitrogens with one attached hydrogen (secondary N) is 1. The lowest BCUT2D eigenvalue weighted by molar-refractivity contribution is -0.129. The number of fused-ring (bicyclic) bond motifs is 3. The monoisotopic (exact) mass is 338 g/mol. The van der Waals surface area contributed by atoms with E-state index in [1.165, 1.54) is 0 Å². The molecule has 0 aliphatic heterocycles. The first-order chi connectivity index (χ1) is 12.3. The van der Waals surface area contributed by atoms with E-state index in [0.717, 1.165) is 47.4 Å². The average Bonchev–Trinajstić information content (AvgIpc) is 2.67. The molecule has 1 amide bonds. The maximum absolute atomic E-state index is 10.9. The summed E-state index contributed by atoms with van der Waals surface area (Å²) in [5, 5.41) is 11.7. The van der Waals surface area contributed by atoms with Gasteiger partial charge in [-0.15, -0.1) is 0 Å². The number of carbonyl (C=O) groups is 1. The molecule has 3 rings (SSSR count). The normalized spacial score (nSPS) is 10.9. The number of hydrogen-bond acceptors (Lipinski definition) is 4. The predicted molar refractivity (Wildman–Crippen MR) is 97.8 cm³/mol. The van der Waals surface area contributed by atoms with E-state index in [9.17, 15) is 4.79 Å².